The van der Waals surface area contributed by atoms with Crippen LogP contribution in [0.15, 0.2) is 30.3 Å². The second-order valence-corrected chi connectivity index (χ2v) is 4.85. The van der Waals surface area contributed by atoms with Crippen LogP contribution in [0, 0.1) is 28.7 Å². The Kier molecular flexibility index (Phi) is 4.37. The predicted octanol–water partition coefficient (Wildman–Crippen LogP) is 4.09. The maximum absolute atomic E-state index is 13.7. The number of halogens is 3. The topological polar surface area (TPSA) is 72.2 Å². The van der Waals surface area contributed by atoms with Gasteiger partial charge in [-0.25, -0.2) is 8.78 Å². The van der Waals surface area contributed by atoms with E-state index in [0.717, 1.165) is 18.2 Å². The molecule has 0 radical (unpaired) electrons. The molecule has 2 aromatic rings. The van der Waals surface area contributed by atoms with Gasteiger partial charge in [0.2, 0.25) is 0 Å². The standard InChI is InChI=1S/C14H9ClF2N2O3/c1-7-12(17)4-8(5-13(7)19(21)22)14(20)18-9-2-3-11(16)10(15)6-9/h2-6H,1H3,(H,18,20). The van der Waals surface area contributed by atoms with Crippen molar-refractivity contribution in [3.05, 3.63) is 68.2 Å². The van der Waals surface area contributed by atoms with E-state index in [1.165, 1.54) is 19.1 Å². The van der Waals surface area contributed by atoms with Crippen LogP contribution in [0.5, 0.6) is 0 Å². The molecule has 0 aromatic heterocycles. The average Bonchev–Trinajstić information content (AvgIpc) is 2.45. The lowest BCUT2D eigenvalue weighted by atomic mass is 10.1. The molecule has 5 nitrogen and oxygen atoms in total. The molecule has 0 saturated carbocycles. The molecule has 0 fully saturated rings. The number of nitrogens with zero attached hydrogens (tertiary/aromatic N) is 1. The second kappa shape index (κ2) is 6.07. The van der Waals surface area contributed by atoms with Crippen LogP contribution in [0.25, 0.3) is 0 Å². The molecule has 0 spiro atoms. The number of carbonyl (C=O) groups excluding carboxylic acids is 1. The largest absolute Gasteiger partial charge is 0.322 e. The lowest BCUT2D eigenvalue weighted by molar-refractivity contribution is -0.385. The number of amides is 1. The molecule has 8 heteroatoms. The number of hydrogen-bond acceptors (Lipinski definition) is 3. The Morgan fingerprint density at radius 3 is 2.50 bits per heavy atom. The molecule has 0 unspecified atom stereocenters. The van der Waals surface area contributed by atoms with Gasteiger partial charge in [-0.3, -0.25) is 14.9 Å². The molecule has 0 bridgehead atoms. The first-order valence-electron chi connectivity index (χ1n) is 6.00. The van der Waals surface area contributed by atoms with Crippen molar-refractivity contribution in [3.63, 3.8) is 0 Å². The number of anilines is 1. The summed E-state index contributed by atoms with van der Waals surface area (Å²) in [5, 5.41) is 13.0. The van der Waals surface area contributed by atoms with Gasteiger partial charge in [0, 0.05) is 17.3 Å². The fourth-order valence-corrected chi connectivity index (χ4v) is 1.94. The molecule has 2 rings (SSSR count). The average molecular weight is 327 g/mol. The Morgan fingerprint density at radius 1 is 1.23 bits per heavy atom. The van der Waals surface area contributed by atoms with Crippen molar-refractivity contribution in [2.24, 2.45) is 0 Å². The summed E-state index contributed by atoms with van der Waals surface area (Å²) < 4.78 is 26.7. The summed E-state index contributed by atoms with van der Waals surface area (Å²) >= 11 is 5.58. The zero-order valence-corrected chi connectivity index (χ0v) is 11.9. The molecule has 0 aliphatic heterocycles. The first kappa shape index (κ1) is 15.8. The lowest BCUT2D eigenvalue weighted by Gasteiger charge is -2.07. The molecule has 1 N–H and O–H groups in total. The smallest absolute Gasteiger partial charge is 0.276 e. The number of carbonyl (C=O) groups is 1. The van der Waals surface area contributed by atoms with Crippen molar-refractivity contribution in [2.75, 3.05) is 5.32 Å². The number of nitro groups is 1. The molecule has 22 heavy (non-hydrogen) atoms. The minimum absolute atomic E-state index is 0.161. The van der Waals surface area contributed by atoms with E-state index in [0.29, 0.717) is 0 Å². The van der Waals surface area contributed by atoms with Crippen LogP contribution < -0.4 is 5.32 Å². The van der Waals surface area contributed by atoms with Gasteiger partial charge < -0.3 is 5.32 Å². The molecule has 0 aliphatic carbocycles. The van der Waals surface area contributed by atoms with E-state index in [2.05, 4.69) is 5.32 Å². The maximum Gasteiger partial charge on any atom is 0.276 e. The molecule has 0 heterocycles. The lowest BCUT2D eigenvalue weighted by Crippen LogP contribution is -2.13. The summed E-state index contributed by atoms with van der Waals surface area (Å²) in [5.74, 6) is -2.29. The SMILES string of the molecule is Cc1c(F)cc(C(=O)Nc2ccc(F)c(Cl)c2)cc1[N+](=O)[O-]. The minimum atomic E-state index is -0.864. The zero-order valence-electron chi connectivity index (χ0n) is 11.2. The van der Waals surface area contributed by atoms with Gasteiger partial charge in [-0.2, -0.15) is 0 Å². The van der Waals surface area contributed by atoms with Crippen molar-refractivity contribution in [3.8, 4) is 0 Å². The van der Waals surface area contributed by atoms with Gasteiger partial charge in [-0.1, -0.05) is 11.6 Å². The van der Waals surface area contributed by atoms with E-state index in [9.17, 15) is 23.7 Å². The molecule has 0 aliphatic rings. The fraction of sp³-hybridized carbons (Fsp3) is 0.0714. The summed E-state index contributed by atoms with van der Waals surface area (Å²) in [6.45, 7) is 1.24. The molecular weight excluding hydrogens is 318 g/mol. The minimum Gasteiger partial charge on any atom is -0.322 e. The highest BCUT2D eigenvalue weighted by Crippen LogP contribution is 2.24. The van der Waals surface area contributed by atoms with Gasteiger partial charge in [-0.15, -0.1) is 0 Å². The Balaban J connectivity index is 2.33. The second-order valence-electron chi connectivity index (χ2n) is 4.44. The monoisotopic (exact) mass is 326 g/mol. The zero-order chi connectivity index (χ0) is 16.4. The molecule has 0 atom stereocenters. The Hall–Kier alpha value is -2.54. The van der Waals surface area contributed by atoms with E-state index in [-0.39, 0.29) is 21.8 Å². The van der Waals surface area contributed by atoms with E-state index >= 15 is 0 Å². The van der Waals surface area contributed by atoms with Crippen molar-refractivity contribution in [1.82, 2.24) is 0 Å². The van der Waals surface area contributed by atoms with E-state index in [1.807, 2.05) is 0 Å². The van der Waals surface area contributed by atoms with Crippen molar-refractivity contribution >= 4 is 28.9 Å². The number of nitrogens with one attached hydrogen (secondary N) is 1. The van der Waals surface area contributed by atoms with Gasteiger partial charge in [0.25, 0.3) is 11.6 Å². The summed E-state index contributed by atoms with van der Waals surface area (Å²) in [6, 6.07) is 5.35. The summed E-state index contributed by atoms with van der Waals surface area (Å²) in [7, 11) is 0. The number of nitro benzene ring substituents is 1. The van der Waals surface area contributed by atoms with Crippen LogP contribution >= 0.6 is 11.6 Å². The predicted molar refractivity (Wildman–Crippen MR) is 77.2 cm³/mol. The first-order chi connectivity index (χ1) is 10.3. The highest BCUT2D eigenvalue weighted by molar-refractivity contribution is 6.31. The summed E-state index contributed by atoms with van der Waals surface area (Å²) in [6.07, 6.45) is 0. The fourth-order valence-electron chi connectivity index (χ4n) is 1.76. The van der Waals surface area contributed by atoms with E-state index in [4.69, 9.17) is 11.6 Å². The first-order valence-corrected chi connectivity index (χ1v) is 6.38. The highest BCUT2D eigenvalue weighted by atomic mass is 35.5. The molecule has 1 amide bonds. The number of benzene rings is 2. The van der Waals surface area contributed by atoms with Crippen molar-refractivity contribution in [1.29, 1.82) is 0 Å². The Bertz CT molecular complexity index is 781. The van der Waals surface area contributed by atoms with Crippen LogP contribution in [0.3, 0.4) is 0 Å². The van der Waals surface area contributed by atoms with Crippen molar-refractivity contribution < 1.29 is 18.5 Å². The van der Waals surface area contributed by atoms with Crippen LogP contribution in [-0.2, 0) is 0 Å². The van der Waals surface area contributed by atoms with E-state index in [1.54, 1.807) is 0 Å². The van der Waals surface area contributed by atoms with Crippen LogP contribution in [-0.4, -0.2) is 10.8 Å². The van der Waals surface area contributed by atoms with Crippen LogP contribution in [0.2, 0.25) is 5.02 Å². The maximum atomic E-state index is 13.7. The third-order valence-electron chi connectivity index (χ3n) is 2.95. The van der Waals surface area contributed by atoms with Gasteiger partial charge in [0.15, 0.2) is 0 Å². The van der Waals surface area contributed by atoms with E-state index < -0.39 is 28.2 Å². The third kappa shape index (κ3) is 3.20. The highest BCUT2D eigenvalue weighted by Gasteiger charge is 2.19. The van der Waals surface area contributed by atoms with Crippen molar-refractivity contribution in [2.45, 2.75) is 6.92 Å². The molecule has 2 aromatic carbocycles. The summed E-state index contributed by atoms with van der Waals surface area (Å²) in [5.41, 5.74) is -0.705. The molecule has 114 valence electrons. The summed E-state index contributed by atoms with van der Waals surface area (Å²) in [4.78, 5) is 22.1. The van der Waals surface area contributed by atoms with Gasteiger partial charge in [-0.05, 0) is 31.2 Å². The Morgan fingerprint density at radius 2 is 1.91 bits per heavy atom. The molecular formula is C14H9ClF2N2O3. The van der Waals surface area contributed by atoms with Crippen LogP contribution in [0.4, 0.5) is 20.2 Å². The van der Waals surface area contributed by atoms with Gasteiger partial charge >= 0.3 is 0 Å². The number of rotatable bonds is 3. The Labute approximate surface area is 128 Å². The normalized spacial score (nSPS) is 10.4. The van der Waals surface area contributed by atoms with Gasteiger partial charge in [0.1, 0.15) is 11.6 Å². The number of hydrogen-bond donors (Lipinski definition) is 1. The van der Waals surface area contributed by atoms with Crippen LogP contribution in [0.1, 0.15) is 15.9 Å². The van der Waals surface area contributed by atoms with Gasteiger partial charge in [0.05, 0.1) is 15.5 Å². The quantitative estimate of drug-likeness (QED) is 0.682. The third-order valence-corrected chi connectivity index (χ3v) is 3.24. The molecule has 0 saturated heterocycles.